The molecular weight excluding hydrogens is 236 g/mol. The normalized spacial score (nSPS) is 20.4. The van der Waals surface area contributed by atoms with Crippen molar-refractivity contribution in [2.24, 2.45) is 11.1 Å². The second-order valence-electron chi connectivity index (χ2n) is 6.26. The number of rotatable bonds is 5. The molecule has 0 aliphatic carbocycles. The fraction of sp³-hybridized carbons (Fsp3) is 0.625. The minimum Gasteiger partial charge on any atom is -0.494 e. The van der Waals surface area contributed by atoms with E-state index in [0.29, 0.717) is 12.0 Å². The highest BCUT2D eigenvalue weighted by Gasteiger charge is 2.29. The van der Waals surface area contributed by atoms with Crippen LogP contribution in [0, 0.1) is 5.41 Å². The SMILES string of the molecule is CCOc1ccc(C(N)CN2CCC(C)(C)C2)cc1. The van der Waals surface area contributed by atoms with Crippen molar-refractivity contribution in [3.8, 4) is 5.75 Å². The fourth-order valence-corrected chi connectivity index (χ4v) is 2.74. The summed E-state index contributed by atoms with van der Waals surface area (Å²) in [5.41, 5.74) is 7.94. The molecule has 1 heterocycles. The molecule has 0 spiro atoms. The predicted molar refractivity (Wildman–Crippen MR) is 79.4 cm³/mol. The molecule has 0 amide bonds. The second-order valence-corrected chi connectivity index (χ2v) is 6.26. The monoisotopic (exact) mass is 262 g/mol. The smallest absolute Gasteiger partial charge is 0.119 e. The Hall–Kier alpha value is -1.06. The van der Waals surface area contributed by atoms with Crippen molar-refractivity contribution >= 4 is 0 Å². The van der Waals surface area contributed by atoms with Crippen molar-refractivity contribution < 1.29 is 4.74 Å². The summed E-state index contributed by atoms with van der Waals surface area (Å²) in [5.74, 6) is 0.917. The Bertz CT molecular complexity index is 400. The maximum Gasteiger partial charge on any atom is 0.119 e. The molecule has 1 aromatic carbocycles. The molecule has 1 aliphatic rings. The number of ether oxygens (including phenoxy) is 1. The Morgan fingerprint density at radius 1 is 1.32 bits per heavy atom. The van der Waals surface area contributed by atoms with Gasteiger partial charge in [-0.2, -0.15) is 0 Å². The van der Waals surface area contributed by atoms with Gasteiger partial charge in [-0.15, -0.1) is 0 Å². The number of benzene rings is 1. The lowest BCUT2D eigenvalue weighted by Gasteiger charge is -2.23. The van der Waals surface area contributed by atoms with Crippen molar-refractivity contribution in [3.63, 3.8) is 0 Å². The molecule has 1 saturated heterocycles. The summed E-state index contributed by atoms with van der Waals surface area (Å²) >= 11 is 0. The van der Waals surface area contributed by atoms with Gasteiger partial charge < -0.3 is 15.4 Å². The Balaban J connectivity index is 1.91. The predicted octanol–water partition coefficient (Wildman–Crippen LogP) is 2.82. The standard InChI is InChI=1S/C16H26N2O/c1-4-19-14-7-5-13(6-8-14)15(17)11-18-10-9-16(2,3)12-18/h5-8,15H,4,9-12,17H2,1-3H3. The summed E-state index contributed by atoms with van der Waals surface area (Å²) in [6.45, 7) is 10.6. The Kier molecular flexibility index (Phi) is 4.48. The van der Waals surface area contributed by atoms with E-state index < -0.39 is 0 Å². The molecule has 3 nitrogen and oxygen atoms in total. The van der Waals surface area contributed by atoms with Crippen molar-refractivity contribution in [2.75, 3.05) is 26.2 Å². The maximum absolute atomic E-state index is 6.30. The summed E-state index contributed by atoms with van der Waals surface area (Å²) in [5, 5.41) is 0. The van der Waals surface area contributed by atoms with Crippen molar-refractivity contribution in [2.45, 2.75) is 33.2 Å². The zero-order valence-corrected chi connectivity index (χ0v) is 12.4. The van der Waals surface area contributed by atoms with Crippen LogP contribution in [0.2, 0.25) is 0 Å². The first-order valence-corrected chi connectivity index (χ1v) is 7.21. The van der Waals surface area contributed by atoms with Crippen LogP contribution in [-0.4, -0.2) is 31.1 Å². The molecule has 1 unspecified atom stereocenters. The Morgan fingerprint density at radius 2 is 2.00 bits per heavy atom. The van der Waals surface area contributed by atoms with Crippen LogP contribution >= 0.6 is 0 Å². The van der Waals surface area contributed by atoms with Crippen LogP contribution in [0.3, 0.4) is 0 Å². The highest BCUT2D eigenvalue weighted by Crippen LogP contribution is 2.29. The molecule has 106 valence electrons. The average Bonchev–Trinajstić information content (AvgIpc) is 2.70. The molecule has 19 heavy (non-hydrogen) atoms. The number of hydrogen-bond acceptors (Lipinski definition) is 3. The maximum atomic E-state index is 6.30. The van der Waals surface area contributed by atoms with Gasteiger partial charge in [0.2, 0.25) is 0 Å². The van der Waals surface area contributed by atoms with Crippen LogP contribution in [0.15, 0.2) is 24.3 Å². The van der Waals surface area contributed by atoms with E-state index in [0.717, 1.165) is 25.4 Å². The van der Waals surface area contributed by atoms with Crippen LogP contribution in [0.25, 0.3) is 0 Å². The van der Waals surface area contributed by atoms with Gasteiger partial charge in [-0.3, -0.25) is 0 Å². The van der Waals surface area contributed by atoms with Crippen LogP contribution in [0.4, 0.5) is 0 Å². The van der Waals surface area contributed by atoms with E-state index in [2.05, 4.69) is 30.9 Å². The van der Waals surface area contributed by atoms with Gasteiger partial charge >= 0.3 is 0 Å². The quantitative estimate of drug-likeness (QED) is 0.887. The van der Waals surface area contributed by atoms with Gasteiger partial charge in [0.1, 0.15) is 5.75 Å². The third-order valence-corrected chi connectivity index (χ3v) is 3.83. The number of nitrogens with zero attached hydrogens (tertiary/aromatic N) is 1. The lowest BCUT2D eigenvalue weighted by atomic mass is 9.93. The Morgan fingerprint density at radius 3 is 2.53 bits per heavy atom. The highest BCUT2D eigenvalue weighted by molar-refractivity contribution is 5.29. The van der Waals surface area contributed by atoms with E-state index in [-0.39, 0.29) is 6.04 Å². The molecular formula is C16H26N2O. The minimum absolute atomic E-state index is 0.0876. The fourth-order valence-electron chi connectivity index (χ4n) is 2.74. The first-order valence-electron chi connectivity index (χ1n) is 7.21. The van der Waals surface area contributed by atoms with E-state index in [1.165, 1.54) is 12.0 Å². The summed E-state index contributed by atoms with van der Waals surface area (Å²) < 4.78 is 5.45. The lowest BCUT2D eigenvalue weighted by molar-refractivity contribution is 0.276. The van der Waals surface area contributed by atoms with Gasteiger partial charge in [-0.1, -0.05) is 26.0 Å². The molecule has 0 bridgehead atoms. The molecule has 1 fully saturated rings. The second kappa shape index (κ2) is 5.93. The van der Waals surface area contributed by atoms with Gasteiger partial charge in [0.05, 0.1) is 6.61 Å². The van der Waals surface area contributed by atoms with Crippen molar-refractivity contribution in [3.05, 3.63) is 29.8 Å². The lowest BCUT2D eigenvalue weighted by Crippen LogP contribution is -2.31. The van der Waals surface area contributed by atoms with Gasteiger partial charge in [-0.25, -0.2) is 0 Å². The third kappa shape index (κ3) is 3.95. The van der Waals surface area contributed by atoms with Crippen LogP contribution in [-0.2, 0) is 0 Å². The molecule has 0 saturated carbocycles. The van der Waals surface area contributed by atoms with Gasteiger partial charge in [0, 0.05) is 19.1 Å². The molecule has 1 aromatic rings. The first kappa shape index (κ1) is 14.4. The van der Waals surface area contributed by atoms with Crippen molar-refractivity contribution in [1.29, 1.82) is 0 Å². The minimum atomic E-state index is 0.0876. The van der Waals surface area contributed by atoms with Crippen molar-refractivity contribution in [1.82, 2.24) is 4.90 Å². The largest absolute Gasteiger partial charge is 0.494 e. The molecule has 0 aromatic heterocycles. The van der Waals surface area contributed by atoms with E-state index >= 15 is 0 Å². The molecule has 1 atom stereocenters. The first-order chi connectivity index (χ1) is 9.00. The summed E-state index contributed by atoms with van der Waals surface area (Å²) in [4.78, 5) is 2.47. The average molecular weight is 262 g/mol. The molecule has 0 radical (unpaired) electrons. The number of nitrogens with two attached hydrogens (primary N) is 1. The molecule has 1 aliphatic heterocycles. The number of hydrogen-bond donors (Lipinski definition) is 1. The van der Waals surface area contributed by atoms with Gasteiger partial charge in [0.15, 0.2) is 0 Å². The van der Waals surface area contributed by atoms with Crippen LogP contribution in [0.1, 0.15) is 38.8 Å². The number of likely N-dealkylation sites (tertiary alicyclic amines) is 1. The third-order valence-electron chi connectivity index (χ3n) is 3.83. The summed E-state index contributed by atoms with van der Waals surface area (Å²) in [6.07, 6.45) is 1.27. The zero-order chi connectivity index (χ0) is 13.9. The van der Waals surface area contributed by atoms with Crippen LogP contribution < -0.4 is 10.5 Å². The molecule has 2 rings (SSSR count). The topological polar surface area (TPSA) is 38.5 Å². The zero-order valence-electron chi connectivity index (χ0n) is 12.4. The highest BCUT2D eigenvalue weighted by atomic mass is 16.5. The van der Waals surface area contributed by atoms with Gasteiger partial charge in [-0.05, 0) is 43.0 Å². The Labute approximate surface area is 116 Å². The van der Waals surface area contributed by atoms with E-state index in [9.17, 15) is 0 Å². The van der Waals surface area contributed by atoms with Crippen LogP contribution in [0.5, 0.6) is 5.75 Å². The summed E-state index contributed by atoms with van der Waals surface area (Å²) in [7, 11) is 0. The molecule has 3 heteroatoms. The molecule has 2 N–H and O–H groups in total. The van der Waals surface area contributed by atoms with E-state index in [1.54, 1.807) is 0 Å². The summed E-state index contributed by atoms with van der Waals surface area (Å²) in [6, 6.07) is 8.26. The van der Waals surface area contributed by atoms with E-state index in [4.69, 9.17) is 10.5 Å². The van der Waals surface area contributed by atoms with E-state index in [1.807, 2.05) is 19.1 Å². The van der Waals surface area contributed by atoms with Gasteiger partial charge in [0.25, 0.3) is 0 Å².